The number of oxazole rings is 1. The molecular weight excluding hydrogens is 214 g/mol. The minimum atomic E-state index is 0.547. The molecule has 0 saturated heterocycles. The fourth-order valence-corrected chi connectivity index (χ4v) is 1.74. The van der Waals surface area contributed by atoms with Gasteiger partial charge in [0.2, 0.25) is 5.89 Å². The summed E-state index contributed by atoms with van der Waals surface area (Å²) in [4.78, 5) is 8.45. The summed E-state index contributed by atoms with van der Waals surface area (Å²) in [7, 11) is 0. The minimum absolute atomic E-state index is 0.547. The Morgan fingerprint density at radius 3 is 2.88 bits per heavy atom. The molecule has 0 aliphatic rings. The third-order valence-corrected chi connectivity index (χ3v) is 2.55. The predicted molar refractivity (Wildman–Crippen MR) is 66.4 cm³/mol. The highest BCUT2D eigenvalue weighted by molar-refractivity contribution is 5.77. The van der Waals surface area contributed by atoms with Gasteiger partial charge >= 0.3 is 0 Å². The summed E-state index contributed by atoms with van der Waals surface area (Å²) < 4.78 is 5.66. The van der Waals surface area contributed by atoms with Gasteiger partial charge in [-0.2, -0.15) is 0 Å². The Hall–Kier alpha value is -2.36. The van der Waals surface area contributed by atoms with Crippen LogP contribution in [0.15, 0.2) is 41.1 Å². The molecule has 4 nitrogen and oxygen atoms in total. The molecule has 0 saturated carbocycles. The SMILES string of the molecule is Cc1ccc2oc(-c3cncc(N)c3)nc2c1. The Labute approximate surface area is 98.1 Å². The first-order valence-corrected chi connectivity index (χ1v) is 5.30. The molecule has 3 rings (SSSR count). The van der Waals surface area contributed by atoms with Crippen LogP contribution in [0.5, 0.6) is 0 Å². The van der Waals surface area contributed by atoms with Gasteiger partial charge in [-0.1, -0.05) is 6.07 Å². The second-order valence-corrected chi connectivity index (χ2v) is 4.00. The molecule has 0 aliphatic heterocycles. The van der Waals surface area contributed by atoms with Crippen LogP contribution in [0.3, 0.4) is 0 Å². The number of aromatic nitrogens is 2. The molecule has 4 heteroatoms. The van der Waals surface area contributed by atoms with Gasteiger partial charge in [-0.05, 0) is 30.7 Å². The van der Waals surface area contributed by atoms with E-state index in [0.29, 0.717) is 11.6 Å². The van der Waals surface area contributed by atoms with E-state index in [4.69, 9.17) is 10.2 Å². The van der Waals surface area contributed by atoms with Gasteiger partial charge in [0.25, 0.3) is 0 Å². The molecule has 0 unspecified atom stereocenters. The first-order chi connectivity index (χ1) is 8.22. The van der Waals surface area contributed by atoms with E-state index in [9.17, 15) is 0 Å². The molecule has 2 heterocycles. The normalized spacial score (nSPS) is 10.9. The Morgan fingerprint density at radius 1 is 1.18 bits per heavy atom. The molecule has 0 aliphatic carbocycles. The second kappa shape index (κ2) is 3.59. The van der Waals surface area contributed by atoms with Crippen molar-refractivity contribution in [1.82, 2.24) is 9.97 Å². The molecule has 0 spiro atoms. The van der Waals surface area contributed by atoms with E-state index in [1.807, 2.05) is 25.1 Å². The first kappa shape index (κ1) is 9.84. The highest BCUT2D eigenvalue weighted by atomic mass is 16.3. The highest BCUT2D eigenvalue weighted by Crippen LogP contribution is 2.25. The van der Waals surface area contributed by atoms with E-state index in [-0.39, 0.29) is 0 Å². The van der Waals surface area contributed by atoms with E-state index in [0.717, 1.165) is 22.2 Å². The number of nitrogens with zero attached hydrogens (tertiary/aromatic N) is 2. The van der Waals surface area contributed by atoms with Gasteiger partial charge in [0, 0.05) is 12.4 Å². The fourth-order valence-electron chi connectivity index (χ4n) is 1.74. The standard InChI is InChI=1S/C13H11N3O/c1-8-2-3-12-11(4-8)16-13(17-12)9-5-10(14)7-15-6-9/h2-7H,14H2,1H3. The zero-order valence-electron chi connectivity index (χ0n) is 9.34. The van der Waals surface area contributed by atoms with Crippen molar-refractivity contribution in [2.75, 3.05) is 5.73 Å². The lowest BCUT2D eigenvalue weighted by molar-refractivity contribution is 0.619. The molecule has 0 radical (unpaired) electrons. The monoisotopic (exact) mass is 225 g/mol. The number of fused-ring (bicyclic) bond motifs is 1. The van der Waals surface area contributed by atoms with Crippen LogP contribution in [-0.4, -0.2) is 9.97 Å². The maximum absolute atomic E-state index is 5.68. The van der Waals surface area contributed by atoms with Gasteiger partial charge in [0.1, 0.15) is 5.52 Å². The molecule has 0 atom stereocenters. The van der Waals surface area contributed by atoms with Crippen molar-refractivity contribution in [2.45, 2.75) is 6.92 Å². The summed E-state index contributed by atoms with van der Waals surface area (Å²) in [5, 5.41) is 0. The largest absolute Gasteiger partial charge is 0.436 e. The van der Waals surface area contributed by atoms with Crippen LogP contribution >= 0.6 is 0 Å². The molecule has 84 valence electrons. The van der Waals surface area contributed by atoms with Crippen molar-refractivity contribution >= 4 is 16.8 Å². The number of pyridine rings is 1. The maximum atomic E-state index is 5.68. The Kier molecular flexibility index (Phi) is 2.08. The van der Waals surface area contributed by atoms with Crippen molar-refractivity contribution in [3.8, 4) is 11.5 Å². The van der Waals surface area contributed by atoms with Crippen molar-refractivity contribution in [2.24, 2.45) is 0 Å². The summed E-state index contributed by atoms with van der Waals surface area (Å²) in [6.45, 7) is 2.02. The summed E-state index contributed by atoms with van der Waals surface area (Å²) >= 11 is 0. The predicted octanol–water partition coefficient (Wildman–Crippen LogP) is 2.78. The van der Waals surface area contributed by atoms with Gasteiger partial charge in [-0.3, -0.25) is 4.98 Å². The number of nitrogens with two attached hydrogens (primary N) is 1. The quantitative estimate of drug-likeness (QED) is 0.691. The lowest BCUT2D eigenvalue weighted by Gasteiger charge is -1.95. The average molecular weight is 225 g/mol. The number of hydrogen-bond donors (Lipinski definition) is 1. The minimum Gasteiger partial charge on any atom is -0.436 e. The zero-order chi connectivity index (χ0) is 11.8. The van der Waals surface area contributed by atoms with E-state index < -0.39 is 0 Å². The lowest BCUT2D eigenvalue weighted by Crippen LogP contribution is -1.87. The number of benzene rings is 1. The Balaban J connectivity index is 2.18. The van der Waals surface area contributed by atoms with Crippen LogP contribution in [0.4, 0.5) is 5.69 Å². The summed E-state index contributed by atoms with van der Waals surface area (Å²) in [5.41, 5.74) is 9.85. The Morgan fingerprint density at radius 2 is 2.06 bits per heavy atom. The molecular formula is C13H11N3O. The molecule has 0 fully saturated rings. The highest BCUT2D eigenvalue weighted by Gasteiger charge is 2.08. The molecule has 0 bridgehead atoms. The maximum Gasteiger partial charge on any atom is 0.228 e. The number of hydrogen-bond acceptors (Lipinski definition) is 4. The number of nitrogen functional groups attached to an aromatic ring is 1. The molecule has 2 aromatic heterocycles. The number of anilines is 1. The average Bonchev–Trinajstić information content (AvgIpc) is 2.72. The molecule has 1 aromatic carbocycles. The van der Waals surface area contributed by atoms with E-state index in [2.05, 4.69) is 9.97 Å². The van der Waals surface area contributed by atoms with Gasteiger partial charge in [-0.25, -0.2) is 4.98 Å². The number of aryl methyl sites for hydroxylation is 1. The summed E-state index contributed by atoms with van der Waals surface area (Å²) in [5.74, 6) is 0.547. The third-order valence-electron chi connectivity index (χ3n) is 2.55. The van der Waals surface area contributed by atoms with Crippen LogP contribution in [0.2, 0.25) is 0 Å². The zero-order valence-corrected chi connectivity index (χ0v) is 9.34. The fraction of sp³-hybridized carbons (Fsp3) is 0.0769. The van der Waals surface area contributed by atoms with Crippen molar-refractivity contribution < 1.29 is 4.42 Å². The molecule has 17 heavy (non-hydrogen) atoms. The van der Waals surface area contributed by atoms with Crippen LogP contribution < -0.4 is 5.73 Å². The van der Waals surface area contributed by atoms with Crippen LogP contribution in [0, 0.1) is 6.92 Å². The van der Waals surface area contributed by atoms with E-state index in [1.165, 1.54) is 0 Å². The Bertz CT molecular complexity index is 688. The molecule has 0 amide bonds. The molecule has 3 aromatic rings. The van der Waals surface area contributed by atoms with Crippen molar-refractivity contribution in [3.05, 3.63) is 42.2 Å². The van der Waals surface area contributed by atoms with Gasteiger partial charge in [0.15, 0.2) is 5.58 Å². The van der Waals surface area contributed by atoms with Crippen LogP contribution in [0.25, 0.3) is 22.6 Å². The molecule has 2 N–H and O–H groups in total. The third kappa shape index (κ3) is 1.73. The van der Waals surface area contributed by atoms with Crippen molar-refractivity contribution in [1.29, 1.82) is 0 Å². The lowest BCUT2D eigenvalue weighted by atomic mass is 10.2. The van der Waals surface area contributed by atoms with Crippen LogP contribution in [-0.2, 0) is 0 Å². The van der Waals surface area contributed by atoms with Gasteiger partial charge in [0.05, 0.1) is 11.3 Å². The first-order valence-electron chi connectivity index (χ1n) is 5.30. The van der Waals surface area contributed by atoms with Gasteiger partial charge < -0.3 is 10.2 Å². The van der Waals surface area contributed by atoms with E-state index >= 15 is 0 Å². The second-order valence-electron chi connectivity index (χ2n) is 4.00. The smallest absolute Gasteiger partial charge is 0.228 e. The van der Waals surface area contributed by atoms with Gasteiger partial charge in [-0.15, -0.1) is 0 Å². The van der Waals surface area contributed by atoms with Crippen LogP contribution in [0.1, 0.15) is 5.56 Å². The number of rotatable bonds is 1. The summed E-state index contributed by atoms with van der Waals surface area (Å²) in [6.07, 6.45) is 3.28. The topological polar surface area (TPSA) is 64.9 Å². The van der Waals surface area contributed by atoms with Crippen molar-refractivity contribution in [3.63, 3.8) is 0 Å². The summed E-state index contributed by atoms with van der Waals surface area (Å²) in [6, 6.07) is 7.70. The van der Waals surface area contributed by atoms with E-state index in [1.54, 1.807) is 18.5 Å².